The van der Waals surface area contributed by atoms with E-state index in [1.54, 1.807) is 24.3 Å². The van der Waals surface area contributed by atoms with Crippen LogP contribution >= 0.6 is 0 Å². The molecule has 0 radical (unpaired) electrons. The number of sulfonamides is 1. The fourth-order valence-corrected chi connectivity index (χ4v) is 4.79. The fourth-order valence-electron chi connectivity index (χ4n) is 4.27. The molecule has 0 saturated carbocycles. The first-order chi connectivity index (χ1) is 16.2. The zero-order valence-electron chi connectivity index (χ0n) is 20.9. The van der Waals surface area contributed by atoms with E-state index in [0.717, 1.165) is 10.6 Å². The van der Waals surface area contributed by atoms with Crippen molar-refractivity contribution in [1.82, 2.24) is 5.32 Å². The van der Waals surface area contributed by atoms with Gasteiger partial charge in [0, 0.05) is 31.2 Å². The Kier molecular flexibility index (Phi) is 6.18. The highest BCUT2D eigenvalue weighted by Crippen LogP contribution is 2.48. The molecule has 4 rings (SSSR count). The smallest absolute Gasteiger partial charge is 0.484 e. The number of carbonyl (C=O) groups is 1. The minimum absolute atomic E-state index is 0.290. The number of carbonyl (C=O) groups excluding carboxylic acids is 1. The van der Waals surface area contributed by atoms with Crippen molar-refractivity contribution in [3.8, 4) is 5.75 Å². The van der Waals surface area contributed by atoms with Crippen molar-refractivity contribution in [2.45, 2.75) is 50.9 Å². The van der Waals surface area contributed by atoms with Crippen LogP contribution < -0.4 is 19.8 Å². The highest BCUT2D eigenvalue weighted by atomic mass is 32.2. The van der Waals surface area contributed by atoms with E-state index in [-0.39, 0.29) is 5.91 Å². The third-order valence-corrected chi connectivity index (χ3v) is 8.31. The lowest BCUT2D eigenvalue weighted by Crippen LogP contribution is -2.41. The first kappa shape index (κ1) is 25.5. The van der Waals surface area contributed by atoms with E-state index in [0.29, 0.717) is 28.0 Å². The van der Waals surface area contributed by atoms with Crippen LogP contribution in [0.2, 0.25) is 0 Å². The largest absolute Gasteiger partial charge is 0.497 e. The lowest BCUT2D eigenvalue weighted by atomic mass is 9.75. The van der Waals surface area contributed by atoms with Crippen LogP contribution in [-0.2, 0) is 24.1 Å². The van der Waals surface area contributed by atoms with Gasteiger partial charge < -0.3 is 19.4 Å². The number of rotatable bonds is 5. The first-order valence-electron chi connectivity index (χ1n) is 11.3. The Hall–Kier alpha value is -2.63. The number of nitrogens with zero attached hydrogens (tertiary/aromatic N) is 1. The van der Waals surface area contributed by atoms with Crippen LogP contribution in [0.25, 0.3) is 0 Å². The van der Waals surface area contributed by atoms with E-state index < -0.39 is 46.2 Å². The summed E-state index contributed by atoms with van der Waals surface area (Å²) in [6.45, 7) is 7.62. The summed E-state index contributed by atoms with van der Waals surface area (Å²) in [5.74, 6) is -1.08. The number of anilines is 1. The lowest BCUT2D eigenvalue weighted by molar-refractivity contribution is -0.123. The highest BCUT2D eigenvalue weighted by Gasteiger charge is 2.53. The van der Waals surface area contributed by atoms with Crippen LogP contribution in [0.3, 0.4) is 0 Å². The van der Waals surface area contributed by atoms with Crippen molar-refractivity contribution in [3.05, 3.63) is 53.3 Å². The molecular formula is C24H30BFN2O6S. The van der Waals surface area contributed by atoms with Crippen LogP contribution in [0.1, 0.15) is 50.8 Å². The van der Waals surface area contributed by atoms with Gasteiger partial charge in [0.25, 0.3) is 0 Å². The predicted octanol–water partition coefficient (Wildman–Crippen LogP) is 2.48. The Labute approximate surface area is 205 Å². The molecule has 2 heterocycles. The second-order valence-electron chi connectivity index (χ2n) is 9.95. The number of amides is 1. The van der Waals surface area contributed by atoms with Crippen LogP contribution in [0.5, 0.6) is 5.75 Å². The quantitative estimate of drug-likeness (QED) is 0.629. The molecule has 1 N–H and O–H groups in total. The van der Waals surface area contributed by atoms with Crippen molar-refractivity contribution >= 4 is 34.2 Å². The maximum Gasteiger partial charge on any atom is 0.497 e. The Morgan fingerprint density at radius 2 is 1.66 bits per heavy atom. The number of hydrogen-bond acceptors (Lipinski definition) is 6. The van der Waals surface area contributed by atoms with Crippen molar-refractivity contribution in [3.63, 3.8) is 0 Å². The molecule has 188 valence electrons. The minimum Gasteiger partial charge on any atom is -0.484 e. The van der Waals surface area contributed by atoms with E-state index in [4.69, 9.17) is 14.0 Å². The SMILES string of the molecule is CNC(=O)C1c2cc(B3OC(C)(C)C(C)(C)O3)c(N(C)S(C)(=O)=O)cc2OC1c1ccc(F)cc1. The van der Waals surface area contributed by atoms with Crippen LogP contribution in [0, 0.1) is 5.82 Å². The predicted molar refractivity (Wildman–Crippen MR) is 132 cm³/mol. The third-order valence-electron chi connectivity index (χ3n) is 7.12. The molecule has 0 aromatic heterocycles. The number of nitrogens with one attached hydrogen (secondary N) is 1. The maximum atomic E-state index is 13.6. The fraction of sp³-hybridized carbons (Fsp3) is 0.458. The molecule has 0 spiro atoms. The van der Waals surface area contributed by atoms with Crippen molar-refractivity contribution < 1.29 is 31.6 Å². The van der Waals surface area contributed by atoms with Crippen molar-refractivity contribution in [2.24, 2.45) is 0 Å². The van der Waals surface area contributed by atoms with Crippen LogP contribution in [0.4, 0.5) is 10.1 Å². The number of likely N-dealkylation sites (N-methyl/N-ethyl adjacent to an activating group) is 1. The molecule has 1 amide bonds. The van der Waals surface area contributed by atoms with Crippen molar-refractivity contribution in [2.75, 3.05) is 24.7 Å². The number of halogens is 1. The Bertz CT molecular complexity index is 1250. The average Bonchev–Trinajstić information content (AvgIpc) is 3.24. The Morgan fingerprint density at radius 3 is 2.17 bits per heavy atom. The molecule has 2 aromatic rings. The molecule has 35 heavy (non-hydrogen) atoms. The number of hydrogen-bond donors (Lipinski definition) is 1. The van der Waals surface area contributed by atoms with Gasteiger partial charge in [-0.2, -0.15) is 0 Å². The van der Waals surface area contributed by atoms with Gasteiger partial charge in [-0.15, -0.1) is 0 Å². The number of ether oxygens (including phenoxy) is 1. The second kappa shape index (κ2) is 8.49. The van der Waals surface area contributed by atoms with Gasteiger partial charge in [0.15, 0.2) is 0 Å². The Morgan fingerprint density at radius 1 is 1.09 bits per heavy atom. The summed E-state index contributed by atoms with van der Waals surface area (Å²) in [7, 11) is -1.55. The van der Waals surface area contributed by atoms with E-state index in [9.17, 15) is 17.6 Å². The Balaban J connectivity index is 1.89. The summed E-state index contributed by atoms with van der Waals surface area (Å²) >= 11 is 0. The van der Waals surface area contributed by atoms with E-state index in [1.165, 1.54) is 26.2 Å². The maximum absolute atomic E-state index is 13.6. The number of fused-ring (bicyclic) bond motifs is 1. The summed E-state index contributed by atoms with van der Waals surface area (Å²) in [5.41, 5.74) is 0.642. The normalized spacial score (nSPS) is 22.5. The van der Waals surface area contributed by atoms with Gasteiger partial charge in [-0.3, -0.25) is 9.10 Å². The molecule has 1 fully saturated rings. The summed E-state index contributed by atoms with van der Waals surface area (Å²) in [5, 5.41) is 2.67. The van der Waals surface area contributed by atoms with Crippen LogP contribution in [-0.4, -0.2) is 53.0 Å². The van der Waals surface area contributed by atoms with Crippen molar-refractivity contribution in [1.29, 1.82) is 0 Å². The molecule has 2 unspecified atom stereocenters. The van der Waals surface area contributed by atoms with Gasteiger partial charge in [0.05, 0.1) is 23.1 Å². The summed E-state index contributed by atoms with van der Waals surface area (Å²) < 4.78 is 58.3. The van der Waals surface area contributed by atoms with Gasteiger partial charge in [-0.05, 0) is 45.4 Å². The van der Waals surface area contributed by atoms with Gasteiger partial charge in [0.1, 0.15) is 23.6 Å². The molecule has 2 aliphatic rings. The van der Waals surface area contributed by atoms with Gasteiger partial charge in [-0.1, -0.05) is 18.2 Å². The monoisotopic (exact) mass is 504 g/mol. The zero-order valence-corrected chi connectivity index (χ0v) is 21.7. The topological polar surface area (TPSA) is 94.2 Å². The molecule has 2 atom stereocenters. The average molecular weight is 504 g/mol. The molecule has 1 saturated heterocycles. The first-order valence-corrected chi connectivity index (χ1v) is 13.1. The van der Waals surface area contributed by atoms with E-state index in [2.05, 4.69) is 5.32 Å². The van der Waals surface area contributed by atoms with Crippen LogP contribution in [0.15, 0.2) is 36.4 Å². The zero-order chi connectivity index (χ0) is 25.9. The third kappa shape index (κ3) is 4.41. The summed E-state index contributed by atoms with van der Waals surface area (Å²) in [6.07, 6.45) is 0.375. The van der Waals surface area contributed by atoms with E-state index >= 15 is 0 Å². The molecule has 8 nitrogen and oxygen atoms in total. The van der Waals surface area contributed by atoms with Gasteiger partial charge in [0.2, 0.25) is 15.9 Å². The van der Waals surface area contributed by atoms with Gasteiger partial charge in [-0.25, -0.2) is 12.8 Å². The number of benzene rings is 2. The second-order valence-corrected chi connectivity index (χ2v) is 12.0. The van der Waals surface area contributed by atoms with E-state index in [1.807, 2.05) is 27.7 Å². The lowest BCUT2D eigenvalue weighted by Gasteiger charge is -2.32. The standard InChI is InChI=1S/C24H30BFN2O6S/c1-23(2)24(3,4)34-25(33-23)17-12-16-19(13-18(17)28(6)35(7,30)31)32-21(20(16)22(29)27-5)14-8-10-15(26)11-9-14/h8-13,20-21H,1-7H3,(H,27,29). The summed E-state index contributed by atoms with van der Waals surface area (Å²) in [4.78, 5) is 13.0. The molecule has 0 aliphatic carbocycles. The molecule has 0 bridgehead atoms. The minimum atomic E-state index is -3.64. The molecule has 2 aliphatic heterocycles. The molecular weight excluding hydrogens is 474 g/mol. The summed E-state index contributed by atoms with van der Waals surface area (Å²) in [6, 6.07) is 9.07. The molecule has 2 aromatic carbocycles. The molecule has 11 heteroatoms. The highest BCUT2D eigenvalue weighted by molar-refractivity contribution is 7.92. The van der Waals surface area contributed by atoms with Gasteiger partial charge >= 0.3 is 7.12 Å².